The minimum atomic E-state index is -2.27. The van der Waals surface area contributed by atoms with Crippen LogP contribution in [-0.2, 0) is 9.59 Å². The van der Waals surface area contributed by atoms with E-state index >= 15 is 0 Å². The van der Waals surface area contributed by atoms with E-state index in [2.05, 4.69) is 72.8 Å². The van der Waals surface area contributed by atoms with E-state index < -0.39 is 24.1 Å². The molecule has 0 saturated carbocycles. The number of carboxylic acids is 2. The van der Waals surface area contributed by atoms with Gasteiger partial charge in [0.1, 0.15) is 5.75 Å². The average molecular weight is 540 g/mol. The molecule has 0 aliphatic rings. The number of aliphatic hydroxyl groups is 2. The van der Waals surface area contributed by atoms with Crippen LogP contribution in [0.1, 0.15) is 51.2 Å². The number of phenols is 1. The minimum absolute atomic E-state index is 0.184. The van der Waals surface area contributed by atoms with Gasteiger partial charge < -0.3 is 25.5 Å². The second-order valence-electron chi connectivity index (χ2n) is 8.45. The highest BCUT2D eigenvalue weighted by Crippen LogP contribution is 2.36. The van der Waals surface area contributed by atoms with Crippen molar-refractivity contribution in [3.63, 3.8) is 0 Å². The molecule has 0 fully saturated rings. The lowest BCUT2D eigenvalue weighted by Gasteiger charge is -2.32. The molecule has 3 unspecified atom stereocenters. The molecular formula is C25H34BrNO7. The van der Waals surface area contributed by atoms with E-state index in [1.165, 1.54) is 5.56 Å². The van der Waals surface area contributed by atoms with Crippen molar-refractivity contribution in [3.05, 3.63) is 64.1 Å². The molecule has 0 aromatic heterocycles. The third-order valence-electron chi connectivity index (χ3n) is 5.37. The van der Waals surface area contributed by atoms with Crippen LogP contribution in [0.5, 0.6) is 5.75 Å². The Morgan fingerprint density at radius 1 is 0.882 bits per heavy atom. The van der Waals surface area contributed by atoms with Crippen LogP contribution in [0, 0.1) is 0 Å². The summed E-state index contributed by atoms with van der Waals surface area (Å²) in [6.45, 7) is 9.98. The summed E-state index contributed by atoms with van der Waals surface area (Å²) < 4.78 is 1.00. The molecule has 5 N–H and O–H groups in total. The SMILES string of the molecule is CC(C)N(CCC(c1ccccc1)c1cc(Br)ccc1O)C(C)C.O=C(O)C(O)C(O)C(=O)O. The molecule has 0 saturated heterocycles. The molecule has 0 amide bonds. The number of phenolic OH excluding ortho intramolecular Hbond substituents is 1. The summed E-state index contributed by atoms with van der Waals surface area (Å²) in [5, 5.41) is 42.9. The Balaban J connectivity index is 0.000000489. The molecule has 0 aliphatic carbocycles. The molecule has 188 valence electrons. The van der Waals surface area contributed by atoms with E-state index in [9.17, 15) is 14.7 Å². The van der Waals surface area contributed by atoms with Crippen molar-refractivity contribution >= 4 is 27.9 Å². The van der Waals surface area contributed by atoms with Gasteiger partial charge in [-0.1, -0.05) is 46.3 Å². The monoisotopic (exact) mass is 539 g/mol. The van der Waals surface area contributed by atoms with Crippen LogP contribution < -0.4 is 0 Å². The number of halogens is 1. The Morgan fingerprint density at radius 3 is 1.82 bits per heavy atom. The zero-order valence-corrected chi connectivity index (χ0v) is 21.4. The molecular weight excluding hydrogens is 506 g/mol. The summed E-state index contributed by atoms with van der Waals surface area (Å²) in [6.07, 6.45) is -3.56. The molecule has 8 nitrogen and oxygen atoms in total. The van der Waals surface area contributed by atoms with Gasteiger partial charge in [0.2, 0.25) is 0 Å². The molecule has 0 heterocycles. The fourth-order valence-corrected chi connectivity index (χ4v) is 4.03. The smallest absolute Gasteiger partial charge is 0.335 e. The van der Waals surface area contributed by atoms with Gasteiger partial charge in [0.15, 0.2) is 12.2 Å². The number of hydrogen-bond donors (Lipinski definition) is 5. The van der Waals surface area contributed by atoms with Gasteiger partial charge in [-0.2, -0.15) is 0 Å². The number of rotatable bonds is 10. The van der Waals surface area contributed by atoms with Crippen molar-refractivity contribution in [2.75, 3.05) is 6.54 Å². The molecule has 0 aliphatic heterocycles. The second kappa shape index (κ2) is 14.1. The number of benzene rings is 2. The number of aliphatic carboxylic acids is 2. The topological polar surface area (TPSA) is 139 Å². The van der Waals surface area contributed by atoms with Crippen LogP contribution >= 0.6 is 15.9 Å². The standard InChI is InChI=1S/C21H28BrNO.C4H6O6/c1-15(2)23(16(3)4)13-12-19(17-8-6-5-7-9-17)20-14-18(22)10-11-21(20)24;5-1(3(7)8)2(6)4(9)10/h5-11,14-16,19,24H,12-13H2,1-4H3;1-2,5-6H,(H,7,8)(H,9,10). The second-order valence-corrected chi connectivity index (χ2v) is 9.36. The van der Waals surface area contributed by atoms with Crippen LogP contribution in [0.2, 0.25) is 0 Å². The van der Waals surface area contributed by atoms with Crippen molar-refractivity contribution in [2.45, 2.75) is 64.3 Å². The predicted octanol–water partition coefficient (Wildman–Crippen LogP) is 3.67. The molecule has 0 radical (unpaired) electrons. The number of aromatic hydroxyl groups is 1. The van der Waals surface area contributed by atoms with E-state index in [-0.39, 0.29) is 5.92 Å². The number of aliphatic hydroxyl groups excluding tert-OH is 2. The number of nitrogens with zero attached hydrogens (tertiary/aromatic N) is 1. The third-order valence-corrected chi connectivity index (χ3v) is 5.87. The lowest BCUT2D eigenvalue weighted by atomic mass is 9.87. The van der Waals surface area contributed by atoms with Crippen LogP contribution in [0.3, 0.4) is 0 Å². The van der Waals surface area contributed by atoms with E-state index in [4.69, 9.17) is 20.4 Å². The maximum atomic E-state index is 10.4. The van der Waals surface area contributed by atoms with Gasteiger partial charge in [-0.05, 0) is 64.4 Å². The van der Waals surface area contributed by atoms with Gasteiger partial charge in [0, 0.05) is 28.0 Å². The Bertz CT molecular complexity index is 895. The van der Waals surface area contributed by atoms with E-state index in [1.807, 2.05) is 18.2 Å². The van der Waals surface area contributed by atoms with Gasteiger partial charge in [-0.25, -0.2) is 9.59 Å². The fourth-order valence-electron chi connectivity index (χ4n) is 3.65. The van der Waals surface area contributed by atoms with E-state index in [1.54, 1.807) is 6.07 Å². The minimum Gasteiger partial charge on any atom is -0.508 e. The first-order chi connectivity index (χ1) is 15.9. The van der Waals surface area contributed by atoms with Crippen molar-refractivity contribution in [3.8, 4) is 5.75 Å². The molecule has 2 rings (SSSR count). The molecule has 0 bridgehead atoms. The summed E-state index contributed by atoms with van der Waals surface area (Å²) in [4.78, 5) is 22.0. The van der Waals surface area contributed by atoms with Crippen LogP contribution in [0.25, 0.3) is 0 Å². The summed E-state index contributed by atoms with van der Waals surface area (Å²) in [6, 6.07) is 17.2. The van der Waals surface area contributed by atoms with Crippen LogP contribution in [0.4, 0.5) is 0 Å². The highest BCUT2D eigenvalue weighted by Gasteiger charge is 2.29. The number of carboxylic acid groups (broad SMARTS) is 2. The molecule has 2 aromatic carbocycles. The quantitative estimate of drug-likeness (QED) is 0.308. The summed E-state index contributed by atoms with van der Waals surface area (Å²) in [7, 11) is 0. The molecule has 0 spiro atoms. The number of hydrogen-bond acceptors (Lipinski definition) is 6. The van der Waals surface area contributed by atoms with Gasteiger partial charge >= 0.3 is 11.9 Å². The predicted molar refractivity (Wildman–Crippen MR) is 133 cm³/mol. The average Bonchev–Trinajstić information content (AvgIpc) is 2.78. The number of carbonyl (C=O) groups is 2. The van der Waals surface area contributed by atoms with Crippen molar-refractivity contribution in [1.82, 2.24) is 4.90 Å². The van der Waals surface area contributed by atoms with Gasteiger partial charge in [-0.3, -0.25) is 4.90 Å². The van der Waals surface area contributed by atoms with Crippen molar-refractivity contribution in [2.24, 2.45) is 0 Å². The Morgan fingerprint density at radius 2 is 1.38 bits per heavy atom. The molecule has 3 atom stereocenters. The normalized spacial score (nSPS) is 13.8. The fraction of sp³-hybridized carbons (Fsp3) is 0.440. The zero-order chi connectivity index (χ0) is 26.0. The van der Waals surface area contributed by atoms with Crippen molar-refractivity contribution in [1.29, 1.82) is 0 Å². The largest absolute Gasteiger partial charge is 0.508 e. The molecule has 9 heteroatoms. The molecule has 34 heavy (non-hydrogen) atoms. The van der Waals surface area contributed by atoms with Gasteiger partial charge in [-0.15, -0.1) is 0 Å². The van der Waals surface area contributed by atoms with E-state index in [0.29, 0.717) is 17.8 Å². The Kier molecular flexibility index (Phi) is 12.2. The van der Waals surface area contributed by atoms with Crippen LogP contribution in [-0.4, -0.2) is 73.2 Å². The first-order valence-electron chi connectivity index (χ1n) is 11.0. The Hall–Kier alpha value is -2.46. The highest BCUT2D eigenvalue weighted by atomic mass is 79.9. The van der Waals surface area contributed by atoms with Gasteiger partial charge in [0.25, 0.3) is 0 Å². The van der Waals surface area contributed by atoms with E-state index in [0.717, 1.165) is 23.0 Å². The highest BCUT2D eigenvalue weighted by molar-refractivity contribution is 9.10. The maximum absolute atomic E-state index is 10.4. The van der Waals surface area contributed by atoms with Gasteiger partial charge in [0.05, 0.1) is 0 Å². The third kappa shape index (κ3) is 9.06. The maximum Gasteiger partial charge on any atom is 0.335 e. The van der Waals surface area contributed by atoms with Crippen molar-refractivity contribution < 1.29 is 35.1 Å². The lowest BCUT2D eigenvalue weighted by Crippen LogP contribution is -2.39. The first kappa shape index (κ1) is 29.6. The summed E-state index contributed by atoms with van der Waals surface area (Å²) in [5.41, 5.74) is 2.24. The zero-order valence-electron chi connectivity index (χ0n) is 19.8. The first-order valence-corrected chi connectivity index (χ1v) is 11.8. The van der Waals surface area contributed by atoms with Crippen LogP contribution in [0.15, 0.2) is 53.0 Å². The Labute approximate surface area is 208 Å². The summed E-state index contributed by atoms with van der Waals surface area (Å²) in [5.74, 6) is -2.99. The molecule has 2 aromatic rings. The lowest BCUT2D eigenvalue weighted by molar-refractivity contribution is -0.165. The summed E-state index contributed by atoms with van der Waals surface area (Å²) >= 11 is 3.54.